The standard InChI is InChI=1S/C22H19N5O5S/c28-17(23-13-5-6-14-16(10-13)32-12-31-14)11-27-21(29)19-20(18(25-27)15-4-3-9-30-15)33-22(24-19)26-7-1-2-8-26/h3-6,9-10H,1-2,7-8,11-12H2,(H,23,28). The molecule has 1 saturated heterocycles. The molecule has 2 aliphatic rings. The summed E-state index contributed by atoms with van der Waals surface area (Å²) in [4.78, 5) is 32.7. The van der Waals surface area contributed by atoms with Gasteiger partial charge in [-0.25, -0.2) is 9.67 Å². The Morgan fingerprint density at radius 2 is 2.00 bits per heavy atom. The number of hydrogen-bond donors (Lipinski definition) is 1. The van der Waals surface area contributed by atoms with Crippen molar-refractivity contribution < 1.29 is 18.7 Å². The lowest BCUT2D eigenvalue weighted by atomic mass is 10.2. The first-order valence-electron chi connectivity index (χ1n) is 10.6. The largest absolute Gasteiger partial charge is 0.463 e. The Bertz CT molecular complexity index is 1400. The van der Waals surface area contributed by atoms with Crippen LogP contribution in [0.25, 0.3) is 21.7 Å². The molecule has 0 spiro atoms. The van der Waals surface area contributed by atoms with Gasteiger partial charge in [-0.3, -0.25) is 9.59 Å². The highest BCUT2D eigenvalue weighted by Crippen LogP contribution is 2.36. The molecule has 168 valence electrons. The van der Waals surface area contributed by atoms with Gasteiger partial charge in [-0.2, -0.15) is 5.10 Å². The fourth-order valence-corrected chi connectivity index (χ4v) is 5.08. The number of fused-ring (bicyclic) bond motifs is 2. The summed E-state index contributed by atoms with van der Waals surface area (Å²) < 4.78 is 18.0. The number of hydrogen-bond acceptors (Lipinski definition) is 9. The first kappa shape index (κ1) is 19.8. The molecule has 0 bridgehead atoms. The third-order valence-corrected chi connectivity index (χ3v) is 6.69. The van der Waals surface area contributed by atoms with Crippen molar-refractivity contribution in [2.24, 2.45) is 0 Å². The van der Waals surface area contributed by atoms with E-state index in [9.17, 15) is 9.59 Å². The van der Waals surface area contributed by atoms with Crippen LogP contribution in [0.1, 0.15) is 12.8 Å². The van der Waals surface area contributed by atoms with Gasteiger partial charge in [-0.1, -0.05) is 11.3 Å². The van der Waals surface area contributed by atoms with Crippen molar-refractivity contribution in [3.63, 3.8) is 0 Å². The average Bonchev–Trinajstić information content (AvgIpc) is 3.62. The molecule has 3 aromatic heterocycles. The minimum atomic E-state index is -0.414. The molecule has 1 N–H and O–H groups in total. The van der Waals surface area contributed by atoms with Gasteiger partial charge in [0.1, 0.15) is 12.2 Å². The van der Waals surface area contributed by atoms with Gasteiger partial charge in [-0.15, -0.1) is 0 Å². The molecule has 2 aliphatic heterocycles. The van der Waals surface area contributed by atoms with E-state index in [1.165, 1.54) is 11.3 Å². The van der Waals surface area contributed by atoms with Crippen molar-refractivity contribution in [3.05, 3.63) is 46.9 Å². The molecule has 0 radical (unpaired) electrons. The summed E-state index contributed by atoms with van der Waals surface area (Å²) in [5.74, 6) is 1.29. The Hall–Kier alpha value is -3.86. The Morgan fingerprint density at radius 3 is 2.82 bits per heavy atom. The van der Waals surface area contributed by atoms with Gasteiger partial charge in [0.2, 0.25) is 12.7 Å². The number of thiazole rings is 1. The maximum absolute atomic E-state index is 13.2. The first-order chi connectivity index (χ1) is 16.2. The second-order valence-electron chi connectivity index (χ2n) is 7.77. The van der Waals surface area contributed by atoms with Crippen LogP contribution in [-0.2, 0) is 11.3 Å². The molecule has 6 rings (SSSR count). The second kappa shape index (κ2) is 7.93. The fourth-order valence-electron chi connectivity index (χ4n) is 3.98. The minimum Gasteiger partial charge on any atom is -0.463 e. The summed E-state index contributed by atoms with van der Waals surface area (Å²) in [6.45, 7) is 1.70. The average molecular weight is 465 g/mol. The predicted molar refractivity (Wildman–Crippen MR) is 122 cm³/mol. The van der Waals surface area contributed by atoms with Gasteiger partial charge in [-0.05, 0) is 37.1 Å². The SMILES string of the molecule is O=C(Cn1nc(-c2ccco2)c2sc(N3CCCC3)nc2c1=O)Nc1ccc2c(c1)OCO2. The number of ether oxygens (including phenoxy) is 2. The maximum Gasteiger partial charge on any atom is 0.294 e. The second-order valence-corrected chi connectivity index (χ2v) is 8.75. The molecule has 0 unspecified atom stereocenters. The van der Waals surface area contributed by atoms with Crippen LogP contribution in [0, 0.1) is 0 Å². The van der Waals surface area contributed by atoms with Crippen LogP contribution in [0.15, 0.2) is 45.8 Å². The number of carbonyl (C=O) groups is 1. The van der Waals surface area contributed by atoms with Crippen LogP contribution in [0.3, 0.4) is 0 Å². The summed E-state index contributed by atoms with van der Waals surface area (Å²) in [6, 6.07) is 8.64. The topological polar surface area (TPSA) is 112 Å². The van der Waals surface area contributed by atoms with Gasteiger partial charge in [0.05, 0.1) is 11.0 Å². The van der Waals surface area contributed by atoms with E-state index in [0.29, 0.717) is 38.9 Å². The number of aromatic nitrogens is 3. The fraction of sp³-hybridized carbons (Fsp3) is 0.273. The number of furan rings is 1. The summed E-state index contributed by atoms with van der Waals surface area (Å²) >= 11 is 1.43. The molecule has 11 heteroatoms. The summed E-state index contributed by atoms with van der Waals surface area (Å²) in [5, 5.41) is 8.04. The van der Waals surface area contributed by atoms with E-state index in [-0.39, 0.29) is 13.3 Å². The number of nitrogens with zero attached hydrogens (tertiary/aromatic N) is 4. The van der Waals surface area contributed by atoms with Crippen molar-refractivity contribution in [1.29, 1.82) is 0 Å². The smallest absolute Gasteiger partial charge is 0.294 e. The molecule has 1 aromatic carbocycles. The van der Waals surface area contributed by atoms with Gasteiger partial charge < -0.3 is 24.1 Å². The highest BCUT2D eigenvalue weighted by molar-refractivity contribution is 7.22. The third-order valence-electron chi connectivity index (χ3n) is 5.57. The normalized spacial score (nSPS) is 14.8. The molecular formula is C22H19N5O5S. The maximum atomic E-state index is 13.2. The zero-order valence-corrected chi connectivity index (χ0v) is 18.3. The first-order valence-corrected chi connectivity index (χ1v) is 11.4. The van der Waals surface area contributed by atoms with Crippen molar-refractivity contribution in [2.45, 2.75) is 19.4 Å². The van der Waals surface area contributed by atoms with Crippen molar-refractivity contribution in [2.75, 3.05) is 30.1 Å². The van der Waals surface area contributed by atoms with Crippen LogP contribution in [0.4, 0.5) is 10.8 Å². The number of nitrogens with one attached hydrogen (secondary N) is 1. The van der Waals surface area contributed by atoms with Crippen LogP contribution < -0.4 is 25.2 Å². The molecule has 5 heterocycles. The van der Waals surface area contributed by atoms with E-state index in [1.54, 1.807) is 36.6 Å². The zero-order chi connectivity index (χ0) is 22.4. The molecule has 0 saturated carbocycles. The lowest BCUT2D eigenvalue weighted by molar-refractivity contribution is -0.117. The number of amides is 1. The van der Waals surface area contributed by atoms with E-state index in [4.69, 9.17) is 13.9 Å². The lowest BCUT2D eigenvalue weighted by Crippen LogP contribution is -2.30. The molecule has 0 atom stereocenters. The third kappa shape index (κ3) is 3.59. The highest BCUT2D eigenvalue weighted by atomic mass is 32.1. The van der Waals surface area contributed by atoms with E-state index in [0.717, 1.165) is 35.7 Å². The number of anilines is 2. The zero-order valence-electron chi connectivity index (χ0n) is 17.4. The van der Waals surface area contributed by atoms with Crippen molar-refractivity contribution >= 4 is 38.3 Å². The summed E-state index contributed by atoms with van der Waals surface area (Å²) in [5.41, 5.74) is 0.907. The van der Waals surface area contributed by atoms with E-state index < -0.39 is 11.5 Å². The molecule has 0 aliphatic carbocycles. The number of carbonyl (C=O) groups excluding carboxylic acids is 1. The van der Waals surface area contributed by atoms with Crippen LogP contribution in [-0.4, -0.2) is 40.6 Å². The van der Waals surface area contributed by atoms with Crippen molar-refractivity contribution in [3.8, 4) is 23.0 Å². The van der Waals surface area contributed by atoms with Crippen LogP contribution in [0.5, 0.6) is 11.5 Å². The Labute approximate surface area is 191 Å². The quantitative estimate of drug-likeness (QED) is 0.479. The van der Waals surface area contributed by atoms with Crippen LogP contribution in [0.2, 0.25) is 0 Å². The monoisotopic (exact) mass is 465 g/mol. The minimum absolute atomic E-state index is 0.147. The van der Waals surface area contributed by atoms with E-state index >= 15 is 0 Å². The summed E-state index contributed by atoms with van der Waals surface area (Å²) in [7, 11) is 0. The molecule has 10 nitrogen and oxygen atoms in total. The molecule has 33 heavy (non-hydrogen) atoms. The molecule has 1 fully saturated rings. The molecule has 1 amide bonds. The van der Waals surface area contributed by atoms with Gasteiger partial charge in [0.25, 0.3) is 5.56 Å². The predicted octanol–water partition coefficient (Wildman–Crippen LogP) is 3.08. The Balaban J connectivity index is 1.35. The van der Waals surface area contributed by atoms with E-state index in [2.05, 4.69) is 20.3 Å². The van der Waals surface area contributed by atoms with Gasteiger partial charge in [0.15, 0.2) is 27.9 Å². The molecule has 4 aromatic rings. The van der Waals surface area contributed by atoms with Crippen molar-refractivity contribution in [1.82, 2.24) is 14.8 Å². The lowest BCUT2D eigenvalue weighted by Gasteiger charge is -2.11. The van der Waals surface area contributed by atoms with E-state index in [1.807, 2.05) is 0 Å². The number of rotatable bonds is 5. The Kier molecular flexibility index (Phi) is 4.75. The van der Waals surface area contributed by atoms with Gasteiger partial charge >= 0.3 is 0 Å². The highest BCUT2D eigenvalue weighted by Gasteiger charge is 2.23. The summed E-state index contributed by atoms with van der Waals surface area (Å²) in [6.07, 6.45) is 3.75. The Morgan fingerprint density at radius 1 is 1.15 bits per heavy atom. The number of benzene rings is 1. The molecular weight excluding hydrogens is 446 g/mol. The van der Waals surface area contributed by atoms with Gasteiger partial charge in [0, 0.05) is 24.8 Å². The van der Waals surface area contributed by atoms with Crippen LogP contribution >= 0.6 is 11.3 Å².